The number of aromatic nitrogens is 2. The molecule has 0 saturated carbocycles. The number of fused-ring (bicyclic) bond motifs is 1. The molecule has 1 amide bonds. The van der Waals surface area contributed by atoms with E-state index >= 15 is 0 Å². The minimum absolute atomic E-state index is 0.0159. The standard InChI is InChI=1S/C27H24ClFN4O/c1-17-16-33(27(34)19-8-4-3-5-9-19)18(2)15-32(17)26-22-11-7-6-10-21(22)25(30-31-26)23-13-12-20(28)14-24(23)29/h3-14,17-18H,15-16H2,1-2H3/t17-,18+/m0/s1. The maximum Gasteiger partial charge on any atom is 0.254 e. The van der Waals surface area contributed by atoms with Crippen molar-refractivity contribution in [3.05, 3.63) is 89.2 Å². The van der Waals surface area contributed by atoms with E-state index < -0.39 is 5.82 Å². The summed E-state index contributed by atoms with van der Waals surface area (Å²) in [5, 5.41) is 11.0. The molecule has 0 N–H and O–H groups in total. The quantitative estimate of drug-likeness (QED) is 0.375. The van der Waals surface area contributed by atoms with E-state index in [4.69, 9.17) is 11.6 Å². The molecule has 0 unspecified atom stereocenters. The topological polar surface area (TPSA) is 49.3 Å². The molecule has 4 aromatic rings. The zero-order chi connectivity index (χ0) is 23.8. The number of amides is 1. The fraction of sp³-hybridized carbons (Fsp3) is 0.222. The lowest BCUT2D eigenvalue weighted by Gasteiger charge is -2.44. The van der Waals surface area contributed by atoms with E-state index in [1.807, 2.05) is 66.4 Å². The molecule has 1 aromatic heterocycles. The van der Waals surface area contributed by atoms with Gasteiger partial charge in [-0.3, -0.25) is 4.79 Å². The normalized spacial score (nSPS) is 18.4. The predicted octanol–water partition coefficient (Wildman–Crippen LogP) is 5.83. The van der Waals surface area contributed by atoms with E-state index in [0.29, 0.717) is 34.9 Å². The summed E-state index contributed by atoms with van der Waals surface area (Å²) in [7, 11) is 0. The molecule has 0 bridgehead atoms. The third-order valence-corrected chi connectivity index (χ3v) is 6.63. The molecule has 0 radical (unpaired) electrons. The Morgan fingerprint density at radius 2 is 1.62 bits per heavy atom. The zero-order valence-electron chi connectivity index (χ0n) is 19.0. The third-order valence-electron chi connectivity index (χ3n) is 6.39. The van der Waals surface area contributed by atoms with Gasteiger partial charge in [0.25, 0.3) is 5.91 Å². The number of halogens is 2. The number of hydrogen-bond acceptors (Lipinski definition) is 4. The number of hydrogen-bond donors (Lipinski definition) is 0. The van der Waals surface area contributed by atoms with Crippen LogP contribution in [0.3, 0.4) is 0 Å². The van der Waals surface area contributed by atoms with Crippen LogP contribution in [0.15, 0.2) is 72.8 Å². The first-order valence-electron chi connectivity index (χ1n) is 11.3. The zero-order valence-corrected chi connectivity index (χ0v) is 19.7. The number of piperazine rings is 1. The van der Waals surface area contributed by atoms with Crippen LogP contribution < -0.4 is 4.90 Å². The molecule has 3 aromatic carbocycles. The Labute approximate surface area is 202 Å². The average Bonchev–Trinajstić information content (AvgIpc) is 2.85. The Morgan fingerprint density at radius 3 is 2.35 bits per heavy atom. The van der Waals surface area contributed by atoms with Crippen molar-refractivity contribution in [2.24, 2.45) is 0 Å². The summed E-state index contributed by atoms with van der Waals surface area (Å²) in [6.45, 7) is 5.32. The second-order valence-electron chi connectivity index (χ2n) is 8.72. The largest absolute Gasteiger partial charge is 0.348 e. The Morgan fingerprint density at radius 1 is 0.912 bits per heavy atom. The van der Waals surface area contributed by atoms with Crippen molar-refractivity contribution in [3.8, 4) is 11.3 Å². The van der Waals surface area contributed by atoms with Crippen LogP contribution >= 0.6 is 11.6 Å². The van der Waals surface area contributed by atoms with E-state index in [2.05, 4.69) is 22.0 Å². The highest BCUT2D eigenvalue weighted by atomic mass is 35.5. The van der Waals surface area contributed by atoms with Crippen molar-refractivity contribution >= 4 is 34.1 Å². The van der Waals surface area contributed by atoms with Crippen molar-refractivity contribution in [1.29, 1.82) is 0 Å². The molecule has 0 aliphatic carbocycles. The lowest BCUT2D eigenvalue weighted by molar-refractivity contribution is 0.0644. The maximum atomic E-state index is 14.7. The second-order valence-corrected chi connectivity index (χ2v) is 9.15. The summed E-state index contributed by atoms with van der Waals surface area (Å²) in [4.78, 5) is 17.2. The molecule has 7 heteroatoms. The summed E-state index contributed by atoms with van der Waals surface area (Å²) in [5.74, 6) is 0.332. The van der Waals surface area contributed by atoms with Gasteiger partial charge in [0.1, 0.15) is 11.5 Å². The van der Waals surface area contributed by atoms with Crippen LogP contribution in [0.2, 0.25) is 5.02 Å². The Bertz CT molecular complexity index is 1360. The van der Waals surface area contributed by atoms with Gasteiger partial charge in [-0.05, 0) is 44.2 Å². The number of rotatable bonds is 3. The number of nitrogens with zero attached hydrogens (tertiary/aromatic N) is 4. The van der Waals surface area contributed by atoms with E-state index in [-0.39, 0.29) is 18.0 Å². The summed E-state index contributed by atoms with van der Waals surface area (Å²) in [5.41, 5.74) is 1.53. The number of anilines is 1. The summed E-state index contributed by atoms with van der Waals surface area (Å²) in [6.07, 6.45) is 0. The van der Waals surface area contributed by atoms with Gasteiger partial charge in [-0.2, -0.15) is 0 Å². The van der Waals surface area contributed by atoms with Gasteiger partial charge in [-0.1, -0.05) is 54.1 Å². The van der Waals surface area contributed by atoms with Crippen LogP contribution in [0.5, 0.6) is 0 Å². The maximum absolute atomic E-state index is 14.7. The van der Waals surface area contributed by atoms with Gasteiger partial charge in [-0.25, -0.2) is 4.39 Å². The van der Waals surface area contributed by atoms with Gasteiger partial charge >= 0.3 is 0 Å². The fourth-order valence-corrected chi connectivity index (χ4v) is 4.79. The van der Waals surface area contributed by atoms with E-state index in [1.54, 1.807) is 12.1 Å². The molecule has 2 atom stereocenters. The van der Waals surface area contributed by atoms with Crippen molar-refractivity contribution < 1.29 is 9.18 Å². The van der Waals surface area contributed by atoms with Gasteiger partial charge < -0.3 is 9.80 Å². The fourth-order valence-electron chi connectivity index (χ4n) is 4.63. The molecular weight excluding hydrogens is 451 g/mol. The monoisotopic (exact) mass is 474 g/mol. The number of carbonyl (C=O) groups is 1. The molecule has 34 heavy (non-hydrogen) atoms. The van der Waals surface area contributed by atoms with Crippen LogP contribution in [0, 0.1) is 5.82 Å². The van der Waals surface area contributed by atoms with Crippen molar-refractivity contribution in [3.63, 3.8) is 0 Å². The van der Waals surface area contributed by atoms with Crippen LogP contribution in [0.1, 0.15) is 24.2 Å². The number of carbonyl (C=O) groups excluding carboxylic acids is 1. The van der Waals surface area contributed by atoms with Crippen LogP contribution in [-0.2, 0) is 0 Å². The Balaban J connectivity index is 1.50. The van der Waals surface area contributed by atoms with Crippen molar-refractivity contribution in [2.45, 2.75) is 25.9 Å². The van der Waals surface area contributed by atoms with E-state index in [0.717, 1.165) is 16.6 Å². The lowest BCUT2D eigenvalue weighted by atomic mass is 10.0. The minimum atomic E-state index is -0.435. The summed E-state index contributed by atoms with van der Waals surface area (Å²) >= 11 is 5.94. The van der Waals surface area contributed by atoms with Gasteiger partial charge in [-0.15, -0.1) is 10.2 Å². The third kappa shape index (κ3) is 3.99. The summed E-state index contributed by atoms with van der Waals surface area (Å²) in [6, 6.07) is 21.7. The highest BCUT2D eigenvalue weighted by molar-refractivity contribution is 6.30. The molecule has 2 heterocycles. The van der Waals surface area contributed by atoms with Crippen LogP contribution in [0.4, 0.5) is 10.2 Å². The Hall–Kier alpha value is -3.51. The summed E-state index contributed by atoms with van der Waals surface area (Å²) < 4.78 is 14.7. The minimum Gasteiger partial charge on any atom is -0.348 e. The first-order valence-corrected chi connectivity index (χ1v) is 11.7. The molecule has 1 fully saturated rings. The van der Waals surface area contributed by atoms with Gasteiger partial charge in [0, 0.05) is 52.1 Å². The SMILES string of the molecule is C[C@@H]1CN(c2nnc(-c3ccc(Cl)cc3F)c3ccccc23)[C@@H](C)CN1C(=O)c1ccccc1. The smallest absolute Gasteiger partial charge is 0.254 e. The van der Waals surface area contributed by atoms with Gasteiger partial charge in [0.2, 0.25) is 0 Å². The second kappa shape index (κ2) is 9.03. The molecular formula is C27H24ClFN4O. The molecule has 5 rings (SSSR count). The van der Waals surface area contributed by atoms with Crippen LogP contribution in [0.25, 0.3) is 22.0 Å². The molecule has 0 spiro atoms. The van der Waals surface area contributed by atoms with E-state index in [9.17, 15) is 9.18 Å². The van der Waals surface area contributed by atoms with Crippen molar-refractivity contribution in [1.82, 2.24) is 15.1 Å². The first-order chi connectivity index (χ1) is 16.4. The average molecular weight is 475 g/mol. The highest BCUT2D eigenvalue weighted by Crippen LogP contribution is 2.35. The molecule has 1 aliphatic heterocycles. The van der Waals surface area contributed by atoms with Gasteiger partial charge in [0.05, 0.1) is 0 Å². The molecule has 1 aliphatic rings. The van der Waals surface area contributed by atoms with Gasteiger partial charge in [0.15, 0.2) is 5.82 Å². The number of benzene rings is 3. The van der Waals surface area contributed by atoms with E-state index in [1.165, 1.54) is 6.07 Å². The highest BCUT2D eigenvalue weighted by Gasteiger charge is 2.34. The lowest BCUT2D eigenvalue weighted by Crippen LogP contribution is -2.58. The van der Waals surface area contributed by atoms with Crippen molar-refractivity contribution in [2.75, 3.05) is 18.0 Å². The Kier molecular flexibility index (Phi) is 5.92. The molecule has 172 valence electrons. The predicted molar refractivity (Wildman–Crippen MR) is 134 cm³/mol. The first kappa shape index (κ1) is 22.3. The molecule has 5 nitrogen and oxygen atoms in total. The molecule has 1 saturated heterocycles. The van der Waals surface area contributed by atoms with Crippen LogP contribution in [-0.4, -0.2) is 46.2 Å².